The molecule has 0 aliphatic heterocycles. The van der Waals surface area contributed by atoms with Gasteiger partial charge in [0.2, 0.25) is 0 Å². The molecule has 0 spiro atoms. The summed E-state index contributed by atoms with van der Waals surface area (Å²) >= 11 is 0. The van der Waals surface area contributed by atoms with Crippen LogP contribution in [0, 0.1) is 6.92 Å². The van der Waals surface area contributed by atoms with Gasteiger partial charge in [-0.3, -0.25) is 10.1 Å². The van der Waals surface area contributed by atoms with E-state index in [1.807, 2.05) is 43.3 Å². The Morgan fingerprint density at radius 1 is 0.966 bits per heavy atom. The largest absolute Gasteiger partial charge is 0.339 e. The number of nitrogens with one attached hydrogen (secondary N) is 3. The second-order valence-corrected chi connectivity index (χ2v) is 6.24. The predicted molar refractivity (Wildman–Crippen MR) is 108 cm³/mol. The highest BCUT2D eigenvalue weighted by molar-refractivity contribution is 5.78. The van der Waals surface area contributed by atoms with E-state index in [1.165, 1.54) is 0 Å². The van der Waals surface area contributed by atoms with Crippen LogP contribution in [0.2, 0.25) is 0 Å². The monoisotopic (exact) mass is 384 g/mol. The molecule has 142 valence electrons. The minimum atomic E-state index is 0.598. The van der Waals surface area contributed by atoms with Gasteiger partial charge in [-0.05, 0) is 31.2 Å². The molecule has 0 saturated carbocycles. The van der Waals surface area contributed by atoms with E-state index >= 15 is 0 Å². The fraction of sp³-hybridized carbons (Fsp3) is 0.0526. The summed E-state index contributed by atoms with van der Waals surface area (Å²) in [7, 11) is 0. The maximum absolute atomic E-state index is 4.65. The Morgan fingerprint density at radius 3 is 2.72 bits per heavy atom. The van der Waals surface area contributed by atoms with Gasteiger partial charge in [-0.1, -0.05) is 0 Å². The smallest absolute Gasteiger partial charge is 0.162 e. The summed E-state index contributed by atoms with van der Waals surface area (Å²) in [5.41, 5.74) is 2.91. The Balaban J connectivity index is 1.63. The molecule has 0 amide bonds. The minimum absolute atomic E-state index is 0.598. The van der Waals surface area contributed by atoms with Crippen LogP contribution < -0.4 is 10.6 Å². The molecule has 3 N–H and O–H groups in total. The van der Waals surface area contributed by atoms with Crippen LogP contribution in [0.25, 0.3) is 17.0 Å². The van der Waals surface area contributed by atoms with Gasteiger partial charge in [0.25, 0.3) is 0 Å². The summed E-state index contributed by atoms with van der Waals surface area (Å²) in [6, 6.07) is 11.2. The lowest BCUT2D eigenvalue weighted by Crippen LogP contribution is -2.02. The van der Waals surface area contributed by atoms with Gasteiger partial charge in [-0.25, -0.2) is 19.5 Å². The number of aryl methyl sites for hydroxylation is 1. The van der Waals surface area contributed by atoms with E-state index in [1.54, 1.807) is 29.3 Å². The molecule has 0 bridgehead atoms. The number of anilines is 4. The first kappa shape index (κ1) is 16.8. The third kappa shape index (κ3) is 3.34. The number of imidazole rings is 1. The Morgan fingerprint density at radius 2 is 1.90 bits per heavy atom. The van der Waals surface area contributed by atoms with Crippen molar-refractivity contribution in [3.63, 3.8) is 0 Å². The van der Waals surface area contributed by atoms with Crippen molar-refractivity contribution in [2.24, 2.45) is 0 Å². The van der Waals surface area contributed by atoms with Gasteiger partial charge in [0.1, 0.15) is 17.3 Å². The Bertz CT molecular complexity index is 1260. The van der Waals surface area contributed by atoms with Crippen LogP contribution in [0.15, 0.2) is 61.2 Å². The minimum Gasteiger partial charge on any atom is -0.339 e. The molecule has 10 heteroatoms. The van der Waals surface area contributed by atoms with Gasteiger partial charge in [-0.2, -0.15) is 10.2 Å². The summed E-state index contributed by atoms with van der Waals surface area (Å²) < 4.78 is 1.74. The molecule has 29 heavy (non-hydrogen) atoms. The zero-order valence-electron chi connectivity index (χ0n) is 15.4. The number of fused-ring (bicyclic) bond motifs is 1. The number of H-pyrrole nitrogens is 1. The summed E-state index contributed by atoms with van der Waals surface area (Å²) in [5, 5.41) is 17.9. The topological polar surface area (TPSA) is 122 Å². The van der Waals surface area contributed by atoms with Crippen molar-refractivity contribution >= 4 is 28.8 Å². The molecule has 0 unspecified atom stereocenters. The first-order valence-corrected chi connectivity index (χ1v) is 8.90. The highest BCUT2D eigenvalue weighted by Crippen LogP contribution is 2.30. The van der Waals surface area contributed by atoms with Crippen molar-refractivity contribution in [3.05, 3.63) is 67.0 Å². The molecule has 0 atom stereocenters. The average molecular weight is 384 g/mol. The highest BCUT2D eigenvalue weighted by Gasteiger charge is 2.18. The Labute approximate surface area is 165 Å². The van der Waals surface area contributed by atoms with Crippen molar-refractivity contribution in [3.8, 4) is 11.4 Å². The molecule has 0 aliphatic rings. The number of rotatable bonds is 5. The molecule has 5 aromatic rings. The summed E-state index contributed by atoms with van der Waals surface area (Å²) in [5.74, 6) is 2.51. The molecule has 0 saturated heterocycles. The van der Waals surface area contributed by atoms with E-state index in [0.29, 0.717) is 40.3 Å². The quantitative estimate of drug-likeness (QED) is 0.423. The molecule has 5 heterocycles. The van der Waals surface area contributed by atoms with Crippen LogP contribution in [0.5, 0.6) is 0 Å². The molecule has 0 aliphatic carbocycles. The number of hydrogen-bond donors (Lipinski definition) is 3. The van der Waals surface area contributed by atoms with E-state index in [-0.39, 0.29) is 0 Å². The van der Waals surface area contributed by atoms with Crippen LogP contribution >= 0.6 is 0 Å². The van der Waals surface area contributed by atoms with E-state index in [4.69, 9.17) is 0 Å². The van der Waals surface area contributed by atoms with Gasteiger partial charge >= 0.3 is 0 Å². The first-order chi connectivity index (χ1) is 14.3. The molecule has 5 rings (SSSR count). The highest BCUT2D eigenvalue weighted by atomic mass is 15.3. The Kier molecular flexibility index (Phi) is 4.06. The average Bonchev–Trinajstić information content (AvgIpc) is 3.36. The van der Waals surface area contributed by atoms with Crippen molar-refractivity contribution in [2.45, 2.75) is 6.92 Å². The molecule has 10 nitrogen and oxygen atoms in total. The van der Waals surface area contributed by atoms with E-state index in [2.05, 4.69) is 45.9 Å². The standard InChI is InChI=1S/C19H16N10/c1-12-23-14(10-16(24-12)25-13-4-2-7-20-11-13)18-19(26-15-6-9-21-28-15)27-17-5-3-8-22-29(17)18/h2-11H,1H3,(H2,21,26,28)(H,23,24,25). The van der Waals surface area contributed by atoms with Gasteiger partial charge in [-0.15, -0.1) is 0 Å². The zero-order valence-corrected chi connectivity index (χ0v) is 15.4. The maximum atomic E-state index is 4.65. The summed E-state index contributed by atoms with van der Waals surface area (Å²) in [4.78, 5) is 17.9. The predicted octanol–water partition coefficient (Wildman–Crippen LogP) is 3.10. The lowest BCUT2D eigenvalue weighted by Gasteiger charge is -2.09. The molecule has 5 aromatic heterocycles. The molecule has 0 radical (unpaired) electrons. The zero-order chi connectivity index (χ0) is 19.6. The molecule has 0 fully saturated rings. The molecular weight excluding hydrogens is 368 g/mol. The van der Waals surface area contributed by atoms with Gasteiger partial charge < -0.3 is 10.6 Å². The van der Waals surface area contributed by atoms with Crippen LogP contribution in [0.3, 0.4) is 0 Å². The Hall–Kier alpha value is -4.34. The van der Waals surface area contributed by atoms with E-state index in [9.17, 15) is 0 Å². The van der Waals surface area contributed by atoms with Crippen LogP contribution in [0.4, 0.5) is 23.1 Å². The SMILES string of the molecule is Cc1nc(Nc2cccnc2)cc(-c2c(Nc3cc[nH]n3)nc3cccnn23)n1. The van der Waals surface area contributed by atoms with Crippen molar-refractivity contribution in [1.82, 2.24) is 39.7 Å². The molecular formula is C19H16N10. The van der Waals surface area contributed by atoms with Gasteiger partial charge in [0.05, 0.1) is 17.6 Å². The van der Waals surface area contributed by atoms with Crippen LogP contribution in [-0.4, -0.2) is 39.7 Å². The van der Waals surface area contributed by atoms with Crippen molar-refractivity contribution in [2.75, 3.05) is 10.6 Å². The second-order valence-electron chi connectivity index (χ2n) is 6.24. The number of nitrogens with zero attached hydrogens (tertiary/aromatic N) is 7. The summed E-state index contributed by atoms with van der Waals surface area (Å²) in [6.07, 6.45) is 6.90. The van der Waals surface area contributed by atoms with Crippen LogP contribution in [0.1, 0.15) is 5.82 Å². The van der Waals surface area contributed by atoms with Gasteiger partial charge in [0.15, 0.2) is 17.3 Å². The second kappa shape index (κ2) is 7.00. The number of aromatic nitrogens is 8. The maximum Gasteiger partial charge on any atom is 0.162 e. The van der Waals surface area contributed by atoms with E-state index in [0.717, 1.165) is 5.69 Å². The summed E-state index contributed by atoms with van der Waals surface area (Å²) in [6.45, 7) is 1.84. The number of hydrogen-bond acceptors (Lipinski definition) is 8. The third-order valence-electron chi connectivity index (χ3n) is 4.15. The third-order valence-corrected chi connectivity index (χ3v) is 4.15. The van der Waals surface area contributed by atoms with Crippen LogP contribution in [-0.2, 0) is 0 Å². The van der Waals surface area contributed by atoms with Crippen molar-refractivity contribution < 1.29 is 0 Å². The normalized spacial score (nSPS) is 10.9. The van der Waals surface area contributed by atoms with E-state index < -0.39 is 0 Å². The fourth-order valence-electron chi connectivity index (χ4n) is 2.99. The first-order valence-electron chi connectivity index (χ1n) is 8.90. The lowest BCUT2D eigenvalue weighted by molar-refractivity contribution is 0.932. The van der Waals surface area contributed by atoms with Gasteiger partial charge in [0, 0.05) is 30.7 Å². The lowest BCUT2D eigenvalue weighted by atomic mass is 10.2. The number of pyridine rings is 1. The molecule has 0 aromatic carbocycles. The van der Waals surface area contributed by atoms with Crippen molar-refractivity contribution in [1.29, 1.82) is 0 Å². The number of aromatic amines is 1. The fourth-order valence-corrected chi connectivity index (χ4v) is 2.99.